The van der Waals surface area contributed by atoms with Crippen molar-refractivity contribution < 1.29 is 9.90 Å². The van der Waals surface area contributed by atoms with Crippen molar-refractivity contribution in [1.29, 1.82) is 0 Å². The first-order chi connectivity index (χ1) is 9.65. The predicted octanol–water partition coefficient (Wildman–Crippen LogP) is 1.95. The van der Waals surface area contributed by atoms with Gasteiger partial charge in [0.25, 0.3) is 5.91 Å². The van der Waals surface area contributed by atoms with E-state index in [9.17, 15) is 9.90 Å². The lowest BCUT2D eigenvalue weighted by atomic mass is 9.84. The number of likely N-dealkylation sites (tertiary alicyclic amines) is 2. The van der Waals surface area contributed by atoms with Crippen LogP contribution in [0.5, 0.6) is 5.75 Å². The van der Waals surface area contributed by atoms with Crippen molar-refractivity contribution in [2.24, 2.45) is 5.92 Å². The molecular weight excluding hydrogens is 252 g/mol. The van der Waals surface area contributed by atoms with Gasteiger partial charge in [0.2, 0.25) is 0 Å². The average Bonchev–Trinajstić information content (AvgIpc) is 2.46. The van der Waals surface area contributed by atoms with Crippen molar-refractivity contribution in [2.45, 2.75) is 25.3 Å². The van der Waals surface area contributed by atoms with Crippen LogP contribution >= 0.6 is 0 Å². The molecule has 2 atom stereocenters. The molecule has 0 aliphatic carbocycles. The van der Waals surface area contributed by atoms with E-state index in [2.05, 4.69) is 11.9 Å². The first-order valence-electron chi connectivity index (χ1n) is 7.43. The maximum atomic E-state index is 12.5. The molecule has 2 fully saturated rings. The summed E-state index contributed by atoms with van der Waals surface area (Å²) in [6, 6.07) is 7.29. The van der Waals surface area contributed by atoms with Gasteiger partial charge in [-0.1, -0.05) is 6.07 Å². The van der Waals surface area contributed by atoms with E-state index < -0.39 is 0 Å². The Kier molecular flexibility index (Phi) is 3.66. The molecule has 2 aliphatic heterocycles. The number of fused-ring (bicyclic) bond motifs is 1. The molecule has 2 aliphatic rings. The Bertz CT molecular complexity index is 503. The van der Waals surface area contributed by atoms with Gasteiger partial charge in [-0.15, -0.1) is 0 Å². The number of hydrogen-bond donors (Lipinski definition) is 1. The van der Waals surface area contributed by atoms with Crippen molar-refractivity contribution >= 4 is 5.91 Å². The number of hydrogen-bond acceptors (Lipinski definition) is 3. The summed E-state index contributed by atoms with van der Waals surface area (Å²) in [7, 11) is 2.20. The minimum atomic E-state index is 0.0487. The van der Waals surface area contributed by atoms with E-state index in [-0.39, 0.29) is 11.7 Å². The van der Waals surface area contributed by atoms with E-state index in [0.29, 0.717) is 17.5 Å². The van der Waals surface area contributed by atoms with Crippen LogP contribution in [0.2, 0.25) is 0 Å². The van der Waals surface area contributed by atoms with Crippen LogP contribution in [-0.4, -0.2) is 53.5 Å². The van der Waals surface area contributed by atoms with E-state index in [4.69, 9.17) is 0 Å². The Hall–Kier alpha value is -1.55. The molecule has 0 radical (unpaired) electrons. The topological polar surface area (TPSA) is 43.8 Å². The Morgan fingerprint density at radius 2 is 2.15 bits per heavy atom. The SMILES string of the molecule is CN1CCCC2CN(C(=O)c3cccc(O)c3)CCC21. The zero-order valence-electron chi connectivity index (χ0n) is 12.0. The summed E-state index contributed by atoms with van der Waals surface area (Å²) >= 11 is 0. The van der Waals surface area contributed by atoms with Crippen LogP contribution in [0, 0.1) is 5.92 Å². The number of phenolic OH excluding ortho intramolecular Hbond substituents is 1. The van der Waals surface area contributed by atoms with Gasteiger partial charge in [0.1, 0.15) is 5.75 Å². The summed E-state index contributed by atoms with van der Waals surface area (Å²) in [6.07, 6.45) is 3.51. The highest BCUT2D eigenvalue weighted by Crippen LogP contribution is 2.30. The lowest BCUT2D eigenvalue weighted by Crippen LogP contribution is -2.53. The number of carbonyl (C=O) groups excluding carboxylic acids is 1. The minimum Gasteiger partial charge on any atom is -0.508 e. The lowest BCUT2D eigenvalue weighted by molar-refractivity contribution is 0.0316. The molecule has 0 spiro atoms. The highest BCUT2D eigenvalue weighted by Gasteiger charge is 2.35. The Labute approximate surface area is 120 Å². The number of amides is 1. The molecule has 0 bridgehead atoms. The number of aromatic hydroxyl groups is 1. The fourth-order valence-corrected chi connectivity index (χ4v) is 3.66. The van der Waals surface area contributed by atoms with Crippen LogP contribution in [0.15, 0.2) is 24.3 Å². The van der Waals surface area contributed by atoms with Crippen molar-refractivity contribution in [3.63, 3.8) is 0 Å². The summed E-state index contributed by atoms with van der Waals surface area (Å²) in [5, 5.41) is 9.51. The summed E-state index contributed by atoms with van der Waals surface area (Å²) in [5.41, 5.74) is 0.590. The van der Waals surface area contributed by atoms with Gasteiger partial charge in [0.05, 0.1) is 0 Å². The molecule has 20 heavy (non-hydrogen) atoms. The third kappa shape index (κ3) is 2.52. The molecule has 3 rings (SSSR count). The van der Waals surface area contributed by atoms with E-state index in [1.807, 2.05) is 4.90 Å². The van der Waals surface area contributed by atoms with E-state index in [0.717, 1.165) is 19.5 Å². The van der Waals surface area contributed by atoms with Crippen LogP contribution in [0.1, 0.15) is 29.6 Å². The highest BCUT2D eigenvalue weighted by atomic mass is 16.3. The zero-order chi connectivity index (χ0) is 14.1. The molecule has 2 unspecified atom stereocenters. The molecule has 0 aromatic heterocycles. The fourth-order valence-electron chi connectivity index (χ4n) is 3.66. The zero-order valence-corrected chi connectivity index (χ0v) is 12.0. The maximum Gasteiger partial charge on any atom is 0.253 e. The Balaban J connectivity index is 1.71. The molecule has 1 aromatic carbocycles. The standard InChI is InChI=1S/C16H22N2O2/c1-17-8-3-5-13-11-18(9-7-15(13)17)16(20)12-4-2-6-14(19)10-12/h2,4,6,10,13,15,19H,3,5,7-9,11H2,1H3. The van der Waals surface area contributed by atoms with Crippen LogP contribution in [0.25, 0.3) is 0 Å². The van der Waals surface area contributed by atoms with Gasteiger partial charge in [0, 0.05) is 24.7 Å². The number of carbonyl (C=O) groups is 1. The lowest BCUT2D eigenvalue weighted by Gasteiger charge is -2.46. The largest absolute Gasteiger partial charge is 0.508 e. The van der Waals surface area contributed by atoms with Gasteiger partial charge in [0.15, 0.2) is 0 Å². The number of benzene rings is 1. The molecule has 2 saturated heterocycles. The van der Waals surface area contributed by atoms with Gasteiger partial charge in [-0.25, -0.2) is 0 Å². The van der Waals surface area contributed by atoms with Crippen molar-refractivity contribution in [1.82, 2.24) is 9.80 Å². The van der Waals surface area contributed by atoms with E-state index >= 15 is 0 Å². The quantitative estimate of drug-likeness (QED) is 0.851. The molecule has 4 heteroatoms. The molecular formula is C16H22N2O2. The molecule has 4 nitrogen and oxygen atoms in total. The van der Waals surface area contributed by atoms with Gasteiger partial charge in [-0.05, 0) is 57.0 Å². The smallest absolute Gasteiger partial charge is 0.253 e. The molecule has 0 saturated carbocycles. The molecule has 1 aromatic rings. The summed E-state index contributed by atoms with van der Waals surface area (Å²) in [6.45, 7) is 2.85. The molecule has 1 amide bonds. The third-order valence-electron chi connectivity index (χ3n) is 4.73. The summed E-state index contributed by atoms with van der Waals surface area (Å²) in [5.74, 6) is 0.805. The number of nitrogens with zero attached hydrogens (tertiary/aromatic N) is 2. The first-order valence-corrected chi connectivity index (χ1v) is 7.43. The maximum absolute atomic E-state index is 12.5. The second-order valence-corrected chi connectivity index (χ2v) is 6.04. The van der Waals surface area contributed by atoms with Gasteiger partial charge < -0.3 is 14.9 Å². The number of phenols is 1. The van der Waals surface area contributed by atoms with Crippen LogP contribution in [-0.2, 0) is 0 Å². The third-order valence-corrected chi connectivity index (χ3v) is 4.73. The van der Waals surface area contributed by atoms with Gasteiger partial charge >= 0.3 is 0 Å². The van der Waals surface area contributed by atoms with Crippen molar-refractivity contribution in [3.8, 4) is 5.75 Å². The Morgan fingerprint density at radius 1 is 1.30 bits per heavy atom. The van der Waals surface area contributed by atoms with Crippen LogP contribution in [0.4, 0.5) is 0 Å². The minimum absolute atomic E-state index is 0.0487. The number of piperidine rings is 2. The second-order valence-electron chi connectivity index (χ2n) is 6.04. The second kappa shape index (κ2) is 5.44. The fraction of sp³-hybridized carbons (Fsp3) is 0.562. The summed E-state index contributed by atoms with van der Waals surface area (Å²) < 4.78 is 0. The van der Waals surface area contributed by atoms with Gasteiger partial charge in [-0.2, -0.15) is 0 Å². The molecule has 2 heterocycles. The van der Waals surface area contributed by atoms with Crippen LogP contribution < -0.4 is 0 Å². The molecule has 108 valence electrons. The van der Waals surface area contributed by atoms with Crippen LogP contribution in [0.3, 0.4) is 0 Å². The Morgan fingerprint density at radius 3 is 2.95 bits per heavy atom. The summed E-state index contributed by atoms with van der Waals surface area (Å²) in [4.78, 5) is 16.9. The van der Waals surface area contributed by atoms with E-state index in [1.54, 1.807) is 24.3 Å². The first kappa shape index (κ1) is 13.4. The van der Waals surface area contributed by atoms with Gasteiger partial charge in [-0.3, -0.25) is 4.79 Å². The predicted molar refractivity (Wildman–Crippen MR) is 77.8 cm³/mol. The monoisotopic (exact) mass is 274 g/mol. The van der Waals surface area contributed by atoms with Crippen molar-refractivity contribution in [3.05, 3.63) is 29.8 Å². The number of rotatable bonds is 1. The van der Waals surface area contributed by atoms with E-state index in [1.165, 1.54) is 19.4 Å². The van der Waals surface area contributed by atoms with Crippen molar-refractivity contribution in [2.75, 3.05) is 26.7 Å². The normalized spacial score (nSPS) is 27.1. The molecule has 1 N–H and O–H groups in total. The average molecular weight is 274 g/mol. The highest BCUT2D eigenvalue weighted by molar-refractivity contribution is 5.94.